The molecule has 0 unspecified atom stereocenters. The number of ether oxygens (including phenoxy) is 2. The maximum absolute atomic E-state index is 13.1. The highest BCUT2D eigenvalue weighted by Gasteiger charge is 2.58. The van der Waals surface area contributed by atoms with Crippen molar-refractivity contribution in [1.29, 1.82) is 0 Å². The second kappa shape index (κ2) is 9.51. The van der Waals surface area contributed by atoms with Gasteiger partial charge in [-0.1, -0.05) is 42.7 Å². The molecule has 4 atom stereocenters. The first-order valence-corrected chi connectivity index (χ1v) is 11.6. The number of hydrogen-bond donors (Lipinski definition) is 1. The lowest BCUT2D eigenvalue weighted by Gasteiger charge is -2.31. The second-order valence-electron chi connectivity index (χ2n) is 9.18. The highest BCUT2D eigenvalue weighted by molar-refractivity contribution is 6.16. The van der Waals surface area contributed by atoms with Gasteiger partial charge < -0.3 is 14.6 Å². The standard InChI is InChI=1S/C26H31NO6/c1-4-5-17-13-19-23(25(30)27(24(19)29)26(31)32-3)20-14-33-21(22(17)20)11-6-15(2)12-16-7-9-18(28)10-8-16/h7-10,12,19-21,23,28H,4-6,11,13-14H2,1-3H3/b15-12+/t19-,20+,21-,23-/m1/s1. The molecule has 0 saturated carbocycles. The predicted molar refractivity (Wildman–Crippen MR) is 122 cm³/mol. The van der Waals surface area contributed by atoms with E-state index in [4.69, 9.17) is 4.74 Å². The van der Waals surface area contributed by atoms with Gasteiger partial charge in [-0.05, 0) is 55.9 Å². The third-order valence-corrected chi connectivity index (χ3v) is 7.02. The molecule has 7 heteroatoms. The largest absolute Gasteiger partial charge is 0.508 e. The Hall–Kier alpha value is -2.93. The van der Waals surface area contributed by atoms with Crippen molar-refractivity contribution in [3.8, 4) is 5.75 Å². The quantitative estimate of drug-likeness (QED) is 0.505. The summed E-state index contributed by atoms with van der Waals surface area (Å²) in [5.41, 5.74) is 4.60. The number of carbonyl (C=O) groups excluding carboxylic acids is 3. The SMILES string of the molecule is CCCC1=C2[C@@H](CC/C(C)=C/c3ccc(O)cc3)OC[C@@H]2[C@@H]2C(=O)N(C(=O)OC)C(=O)[C@@H]2C1. The molecule has 2 aliphatic heterocycles. The molecule has 0 aromatic heterocycles. The molecule has 1 aliphatic carbocycles. The Morgan fingerprint density at radius 2 is 1.94 bits per heavy atom. The van der Waals surface area contributed by atoms with Crippen molar-refractivity contribution in [2.45, 2.75) is 52.1 Å². The third-order valence-electron chi connectivity index (χ3n) is 7.02. The number of rotatable bonds is 6. The molecule has 1 N–H and O–H groups in total. The van der Waals surface area contributed by atoms with Crippen LogP contribution in [-0.2, 0) is 19.1 Å². The van der Waals surface area contributed by atoms with Gasteiger partial charge in [-0.2, -0.15) is 4.90 Å². The van der Waals surface area contributed by atoms with Gasteiger partial charge in [0.15, 0.2) is 0 Å². The van der Waals surface area contributed by atoms with Crippen molar-refractivity contribution < 1.29 is 29.0 Å². The van der Waals surface area contributed by atoms with E-state index in [-0.39, 0.29) is 17.8 Å². The molecule has 2 fully saturated rings. The van der Waals surface area contributed by atoms with Crippen LogP contribution in [0.4, 0.5) is 4.79 Å². The van der Waals surface area contributed by atoms with Crippen LogP contribution in [0.5, 0.6) is 5.75 Å². The monoisotopic (exact) mass is 453 g/mol. The van der Waals surface area contributed by atoms with Crippen molar-refractivity contribution in [2.24, 2.45) is 17.8 Å². The Labute approximate surface area is 194 Å². The van der Waals surface area contributed by atoms with E-state index < -0.39 is 29.7 Å². The zero-order valence-electron chi connectivity index (χ0n) is 19.4. The lowest BCUT2D eigenvalue weighted by molar-refractivity contribution is -0.137. The third kappa shape index (κ3) is 4.34. The molecule has 2 saturated heterocycles. The number of likely N-dealkylation sites (tertiary alicyclic amines) is 1. The number of phenols is 1. The number of imide groups is 3. The zero-order chi connectivity index (χ0) is 23.7. The van der Waals surface area contributed by atoms with Gasteiger partial charge in [-0.15, -0.1) is 0 Å². The summed E-state index contributed by atoms with van der Waals surface area (Å²) in [6, 6.07) is 7.09. The van der Waals surface area contributed by atoms with Crippen LogP contribution in [0.1, 0.15) is 51.5 Å². The summed E-state index contributed by atoms with van der Waals surface area (Å²) in [7, 11) is 1.18. The molecular weight excluding hydrogens is 422 g/mol. The summed E-state index contributed by atoms with van der Waals surface area (Å²) in [5.74, 6) is -1.88. The van der Waals surface area contributed by atoms with Crippen molar-refractivity contribution in [2.75, 3.05) is 13.7 Å². The van der Waals surface area contributed by atoms with Crippen LogP contribution in [0, 0.1) is 17.8 Å². The van der Waals surface area contributed by atoms with Crippen LogP contribution >= 0.6 is 0 Å². The minimum Gasteiger partial charge on any atom is -0.508 e. The lowest BCUT2D eigenvalue weighted by Crippen LogP contribution is -2.38. The van der Waals surface area contributed by atoms with E-state index >= 15 is 0 Å². The molecule has 176 valence electrons. The Kier molecular flexibility index (Phi) is 6.70. The number of fused-ring (bicyclic) bond motifs is 3. The van der Waals surface area contributed by atoms with Crippen molar-refractivity contribution in [3.63, 3.8) is 0 Å². The summed E-state index contributed by atoms with van der Waals surface area (Å²) < 4.78 is 10.9. The number of aromatic hydroxyl groups is 1. The van der Waals surface area contributed by atoms with Gasteiger partial charge in [-0.3, -0.25) is 9.59 Å². The average molecular weight is 454 g/mol. The zero-order valence-corrected chi connectivity index (χ0v) is 19.4. The first kappa shape index (κ1) is 23.2. The Balaban J connectivity index is 1.54. The molecule has 3 aliphatic rings. The predicted octanol–water partition coefficient (Wildman–Crippen LogP) is 4.46. The van der Waals surface area contributed by atoms with Gasteiger partial charge in [0.25, 0.3) is 0 Å². The fourth-order valence-electron chi connectivity index (χ4n) is 5.57. The Morgan fingerprint density at radius 3 is 2.61 bits per heavy atom. The maximum Gasteiger partial charge on any atom is 0.423 e. The minimum atomic E-state index is -0.900. The van der Waals surface area contributed by atoms with Crippen LogP contribution < -0.4 is 0 Å². The number of amides is 3. The van der Waals surface area contributed by atoms with E-state index in [0.29, 0.717) is 17.9 Å². The maximum atomic E-state index is 13.1. The molecule has 1 aromatic carbocycles. The van der Waals surface area contributed by atoms with Gasteiger partial charge in [0.2, 0.25) is 11.8 Å². The van der Waals surface area contributed by atoms with E-state index in [2.05, 4.69) is 24.7 Å². The van der Waals surface area contributed by atoms with Crippen molar-refractivity contribution >= 4 is 24.0 Å². The van der Waals surface area contributed by atoms with Crippen LogP contribution in [0.15, 0.2) is 41.0 Å². The van der Waals surface area contributed by atoms with Crippen LogP contribution in [0.25, 0.3) is 6.08 Å². The van der Waals surface area contributed by atoms with E-state index in [9.17, 15) is 19.5 Å². The van der Waals surface area contributed by atoms with E-state index in [1.54, 1.807) is 12.1 Å². The highest BCUT2D eigenvalue weighted by Crippen LogP contribution is 2.50. The van der Waals surface area contributed by atoms with Gasteiger partial charge in [0, 0.05) is 5.92 Å². The van der Waals surface area contributed by atoms with Crippen LogP contribution in [0.3, 0.4) is 0 Å². The van der Waals surface area contributed by atoms with Crippen molar-refractivity contribution in [3.05, 3.63) is 46.5 Å². The number of methoxy groups -OCH3 is 1. The molecule has 1 aromatic rings. The average Bonchev–Trinajstić information content (AvgIpc) is 3.33. The molecule has 0 bridgehead atoms. The first-order valence-electron chi connectivity index (χ1n) is 11.6. The molecule has 4 rings (SSSR count). The molecule has 3 amide bonds. The smallest absolute Gasteiger partial charge is 0.423 e. The van der Waals surface area contributed by atoms with Crippen LogP contribution in [0.2, 0.25) is 0 Å². The van der Waals surface area contributed by atoms with Gasteiger partial charge >= 0.3 is 6.09 Å². The molecule has 0 radical (unpaired) electrons. The van der Waals surface area contributed by atoms with Gasteiger partial charge in [0.1, 0.15) is 5.75 Å². The number of nitrogens with zero attached hydrogens (tertiary/aromatic N) is 1. The van der Waals surface area contributed by atoms with Crippen molar-refractivity contribution in [1.82, 2.24) is 4.90 Å². The Morgan fingerprint density at radius 1 is 1.21 bits per heavy atom. The summed E-state index contributed by atoms with van der Waals surface area (Å²) in [5, 5.41) is 9.46. The summed E-state index contributed by atoms with van der Waals surface area (Å²) in [6.45, 7) is 4.57. The van der Waals surface area contributed by atoms with E-state index in [1.165, 1.54) is 23.8 Å². The Bertz CT molecular complexity index is 1010. The fraction of sp³-hybridized carbons (Fsp3) is 0.500. The number of phenolic OH excluding ortho intramolecular Hbond substituents is 1. The van der Waals surface area contributed by atoms with Gasteiger partial charge in [-0.25, -0.2) is 4.79 Å². The molecule has 2 heterocycles. The number of allylic oxidation sites excluding steroid dienone is 2. The second-order valence-corrected chi connectivity index (χ2v) is 9.18. The molecular formula is C26H31NO6. The summed E-state index contributed by atoms with van der Waals surface area (Å²) >= 11 is 0. The lowest BCUT2D eigenvalue weighted by atomic mass is 9.68. The fourth-order valence-corrected chi connectivity index (χ4v) is 5.57. The number of hydrogen-bond acceptors (Lipinski definition) is 6. The summed E-state index contributed by atoms with van der Waals surface area (Å²) in [6.07, 6.45) is 5.03. The first-order chi connectivity index (χ1) is 15.8. The molecule has 7 nitrogen and oxygen atoms in total. The topological polar surface area (TPSA) is 93.1 Å². The van der Waals surface area contributed by atoms with E-state index in [1.807, 2.05) is 12.1 Å². The number of benzene rings is 1. The normalized spacial score (nSPS) is 27.1. The van der Waals surface area contributed by atoms with Gasteiger partial charge in [0.05, 0.1) is 31.7 Å². The highest BCUT2D eigenvalue weighted by atomic mass is 16.5. The van der Waals surface area contributed by atoms with Crippen LogP contribution in [-0.4, -0.2) is 47.7 Å². The van der Waals surface area contributed by atoms with E-state index in [0.717, 1.165) is 31.2 Å². The molecule has 33 heavy (non-hydrogen) atoms. The minimum absolute atomic E-state index is 0.0873. The summed E-state index contributed by atoms with van der Waals surface area (Å²) in [4.78, 5) is 38.7. The number of carbonyl (C=O) groups is 3. The molecule has 0 spiro atoms.